The van der Waals surface area contributed by atoms with Gasteiger partial charge in [0.2, 0.25) is 0 Å². The van der Waals surface area contributed by atoms with Crippen molar-refractivity contribution in [1.82, 2.24) is 15.0 Å². The molecule has 0 bridgehead atoms. The first kappa shape index (κ1) is 19.0. The number of amides is 1. The fourth-order valence-corrected chi connectivity index (χ4v) is 3.84. The Balaban J connectivity index is 1.40. The summed E-state index contributed by atoms with van der Waals surface area (Å²) in [6, 6.07) is 17.3. The van der Waals surface area contributed by atoms with E-state index in [-0.39, 0.29) is 17.2 Å². The first-order chi connectivity index (χ1) is 15.2. The fourth-order valence-electron chi connectivity index (χ4n) is 3.84. The predicted molar refractivity (Wildman–Crippen MR) is 117 cm³/mol. The van der Waals surface area contributed by atoms with Crippen LogP contribution in [0.15, 0.2) is 71.9 Å². The number of nitrogens with zero attached hydrogens (tertiary/aromatic N) is 3. The SMILES string of the molecule is O=C(c1cc2c(=O)[nH]cnc2cn1)N1CCCc2cc(OCc3ccccc3)ccc21. The minimum Gasteiger partial charge on any atom is -0.489 e. The summed E-state index contributed by atoms with van der Waals surface area (Å²) in [5.41, 5.74) is 3.41. The smallest absolute Gasteiger partial charge is 0.276 e. The maximum Gasteiger partial charge on any atom is 0.276 e. The average Bonchev–Trinajstić information content (AvgIpc) is 2.82. The molecule has 0 aliphatic carbocycles. The molecule has 2 aromatic heterocycles. The maximum atomic E-state index is 13.2. The van der Waals surface area contributed by atoms with E-state index in [2.05, 4.69) is 15.0 Å². The molecule has 0 atom stereocenters. The van der Waals surface area contributed by atoms with Gasteiger partial charge in [-0.15, -0.1) is 0 Å². The summed E-state index contributed by atoms with van der Waals surface area (Å²) in [6.07, 6.45) is 4.50. The van der Waals surface area contributed by atoms with Crippen molar-refractivity contribution in [2.45, 2.75) is 19.4 Å². The van der Waals surface area contributed by atoms with Gasteiger partial charge in [-0.3, -0.25) is 9.59 Å². The van der Waals surface area contributed by atoms with Gasteiger partial charge >= 0.3 is 0 Å². The molecule has 31 heavy (non-hydrogen) atoms. The molecule has 3 heterocycles. The third-order valence-electron chi connectivity index (χ3n) is 5.41. The molecule has 0 radical (unpaired) electrons. The van der Waals surface area contributed by atoms with E-state index in [1.165, 1.54) is 18.6 Å². The van der Waals surface area contributed by atoms with Gasteiger partial charge in [0.1, 0.15) is 18.1 Å². The van der Waals surface area contributed by atoms with Crippen molar-refractivity contribution in [2.24, 2.45) is 0 Å². The normalized spacial score (nSPS) is 13.1. The van der Waals surface area contributed by atoms with Gasteiger partial charge < -0.3 is 14.6 Å². The van der Waals surface area contributed by atoms with Crippen molar-refractivity contribution in [3.05, 3.63) is 94.3 Å². The van der Waals surface area contributed by atoms with E-state index in [0.717, 1.165) is 35.4 Å². The number of ether oxygens (including phenoxy) is 1. The number of carbonyl (C=O) groups is 1. The number of H-pyrrole nitrogens is 1. The summed E-state index contributed by atoms with van der Waals surface area (Å²) < 4.78 is 5.94. The van der Waals surface area contributed by atoms with Crippen LogP contribution in [-0.4, -0.2) is 27.4 Å². The maximum absolute atomic E-state index is 13.2. The topological polar surface area (TPSA) is 88.2 Å². The van der Waals surface area contributed by atoms with E-state index in [9.17, 15) is 9.59 Å². The number of aromatic amines is 1. The molecular formula is C24H20N4O3. The van der Waals surface area contributed by atoms with Gasteiger partial charge in [0.25, 0.3) is 11.5 Å². The molecule has 1 N–H and O–H groups in total. The van der Waals surface area contributed by atoms with Crippen molar-refractivity contribution in [2.75, 3.05) is 11.4 Å². The molecule has 5 rings (SSSR count). The van der Waals surface area contributed by atoms with E-state index >= 15 is 0 Å². The Hall–Kier alpha value is -4.00. The van der Waals surface area contributed by atoms with Gasteiger partial charge in [-0.25, -0.2) is 9.97 Å². The van der Waals surface area contributed by atoms with Crippen LogP contribution in [-0.2, 0) is 13.0 Å². The molecule has 2 aromatic carbocycles. The average molecular weight is 412 g/mol. The van der Waals surface area contributed by atoms with Crippen LogP contribution in [0.2, 0.25) is 0 Å². The Morgan fingerprint density at radius 1 is 1.10 bits per heavy atom. The van der Waals surface area contributed by atoms with Crippen LogP contribution in [0.1, 0.15) is 28.0 Å². The highest BCUT2D eigenvalue weighted by molar-refractivity contribution is 6.06. The predicted octanol–water partition coefficient (Wildman–Crippen LogP) is 3.49. The third-order valence-corrected chi connectivity index (χ3v) is 5.41. The number of carbonyl (C=O) groups excluding carboxylic acids is 1. The largest absolute Gasteiger partial charge is 0.489 e. The minimum atomic E-state index is -0.291. The van der Waals surface area contributed by atoms with Crippen molar-refractivity contribution >= 4 is 22.5 Å². The first-order valence-electron chi connectivity index (χ1n) is 10.1. The van der Waals surface area contributed by atoms with Gasteiger partial charge in [-0.05, 0) is 48.2 Å². The molecule has 7 heteroatoms. The Kier molecular flexibility index (Phi) is 4.92. The Bertz CT molecular complexity index is 1320. The van der Waals surface area contributed by atoms with Gasteiger partial charge in [0, 0.05) is 12.2 Å². The lowest BCUT2D eigenvalue weighted by Gasteiger charge is -2.29. The number of nitrogens with one attached hydrogen (secondary N) is 1. The Labute approximate surface area is 178 Å². The van der Waals surface area contributed by atoms with Crippen molar-refractivity contribution in [1.29, 1.82) is 0 Å². The number of benzene rings is 2. The molecule has 0 fully saturated rings. The summed E-state index contributed by atoms with van der Waals surface area (Å²) in [7, 11) is 0. The lowest BCUT2D eigenvalue weighted by molar-refractivity contribution is 0.0980. The van der Waals surface area contributed by atoms with Crippen LogP contribution in [0.4, 0.5) is 5.69 Å². The third kappa shape index (κ3) is 3.77. The van der Waals surface area contributed by atoms with Gasteiger partial charge in [0.15, 0.2) is 0 Å². The van der Waals surface area contributed by atoms with Crippen LogP contribution in [0.5, 0.6) is 5.75 Å². The van der Waals surface area contributed by atoms with Crippen LogP contribution >= 0.6 is 0 Å². The van der Waals surface area contributed by atoms with Crippen LogP contribution in [0.3, 0.4) is 0 Å². The standard InChI is InChI=1S/C24H20N4O3/c29-23-19-12-20(25-13-21(19)26-15-27-23)24(30)28-10-4-7-17-11-18(8-9-22(17)28)31-14-16-5-2-1-3-6-16/h1-3,5-6,8-9,11-13,15H,4,7,10,14H2,(H,26,27,29). The number of fused-ring (bicyclic) bond motifs is 2. The van der Waals surface area contributed by atoms with Crippen molar-refractivity contribution in [3.63, 3.8) is 0 Å². The zero-order chi connectivity index (χ0) is 21.2. The minimum absolute atomic E-state index is 0.225. The Morgan fingerprint density at radius 3 is 2.84 bits per heavy atom. The van der Waals surface area contributed by atoms with Gasteiger partial charge in [0.05, 0.1) is 23.4 Å². The molecule has 0 spiro atoms. The highest BCUT2D eigenvalue weighted by atomic mass is 16.5. The highest BCUT2D eigenvalue weighted by Gasteiger charge is 2.25. The number of anilines is 1. The Morgan fingerprint density at radius 2 is 1.97 bits per heavy atom. The zero-order valence-electron chi connectivity index (χ0n) is 16.7. The second kappa shape index (κ2) is 8.02. The number of hydrogen-bond acceptors (Lipinski definition) is 5. The molecular weight excluding hydrogens is 392 g/mol. The summed E-state index contributed by atoms with van der Waals surface area (Å²) in [6.45, 7) is 1.09. The molecule has 7 nitrogen and oxygen atoms in total. The van der Waals surface area contributed by atoms with E-state index in [1.54, 1.807) is 4.90 Å². The lowest BCUT2D eigenvalue weighted by atomic mass is 10.0. The summed E-state index contributed by atoms with van der Waals surface area (Å²) >= 11 is 0. The fraction of sp³-hybridized carbons (Fsp3) is 0.167. The first-order valence-corrected chi connectivity index (χ1v) is 10.1. The second-order valence-electron chi connectivity index (χ2n) is 7.44. The van der Waals surface area contributed by atoms with Crippen LogP contribution < -0.4 is 15.2 Å². The van der Waals surface area contributed by atoms with E-state index in [1.807, 2.05) is 48.5 Å². The highest BCUT2D eigenvalue weighted by Crippen LogP contribution is 2.32. The molecule has 0 unspecified atom stereocenters. The number of rotatable bonds is 4. The lowest BCUT2D eigenvalue weighted by Crippen LogP contribution is -2.36. The van der Waals surface area contributed by atoms with Crippen LogP contribution in [0, 0.1) is 0 Å². The van der Waals surface area contributed by atoms with E-state index < -0.39 is 0 Å². The molecule has 4 aromatic rings. The summed E-state index contributed by atoms with van der Waals surface area (Å²) in [5.74, 6) is 0.544. The van der Waals surface area contributed by atoms with Crippen molar-refractivity contribution in [3.8, 4) is 5.75 Å². The molecule has 0 saturated heterocycles. The summed E-state index contributed by atoms with van der Waals surface area (Å²) in [4.78, 5) is 37.9. The molecule has 1 aliphatic heterocycles. The number of pyridine rings is 1. The molecule has 154 valence electrons. The zero-order valence-corrected chi connectivity index (χ0v) is 16.7. The van der Waals surface area contributed by atoms with Gasteiger partial charge in [-0.2, -0.15) is 0 Å². The number of hydrogen-bond donors (Lipinski definition) is 1. The molecule has 1 amide bonds. The van der Waals surface area contributed by atoms with Crippen molar-refractivity contribution < 1.29 is 9.53 Å². The molecule has 1 aliphatic rings. The quantitative estimate of drug-likeness (QED) is 0.554. The second-order valence-corrected chi connectivity index (χ2v) is 7.44. The van der Waals surface area contributed by atoms with E-state index in [4.69, 9.17) is 4.74 Å². The monoisotopic (exact) mass is 412 g/mol. The van der Waals surface area contributed by atoms with Crippen LogP contribution in [0.25, 0.3) is 10.9 Å². The number of aromatic nitrogens is 3. The number of aryl methyl sites for hydroxylation is 1. The summed E-state index contributed by atoms with van der Waals surface area (Å²) in [5, 5.41) is 0.350. The van der Waals surface area contributed by atoms with E-state index in [0.29, 0.717) is 24.1 Å². The molecule has 0 saturated carbocycles. The van der Waals surface area contributed by atoms with Gasteiger partial charge in [-0.1, -0.05) is 30.3 Å².